The molecule has 0 heterocycles. The monoisotopic (exact) mass is 424 g/mol. The van der Waals surface area contributed by atoms with Gasteiger partial charge in [0, 0.05) is 29.8 Å². The van der Waals surface area contributed by atoms with Crippen LogP contribution in [0.4, 0.5) is 8.78 Å². The fourth-order valence-corrected chi connectivity index (χ4v) is 2.22. The van der Waals surface area contributed by atoms with Crippen molar-refractivity contribution in [2.75, 3.05) is 19.8 Å². The van der Waals surface area contributed by atoms with E-state index < -0.39 is 23.4 Å². The molecule has 9 heteroatoms. The van der Waals surface area contributed by atoms with Crippen LogP contribution in [0.3, 0.4) is 0 Å². The molecule has 0 atom stereocenters. The third-order valence-corrected chi connectivity index (χ3v) is 3.76. The van der Waals surface area contributed by atoms with Crippen LogP contribution in [0.5, 0.6) is 11.5 Å². The number of amides is 2. The van der Waals surface area contributed by atoms with E-state index in [9.17, 15) is 18.4 Å². The predicted molar refractivity (Wildman–Crippen MR) is 104 cm³/mol. The van der Waals surface area contributed by atoms with E-state index in [0.717, 1.165) is 12.1 Å². The lowest BCUT2D eigenvalue weighted by Gasteiger charge is -2.11. The molecule has 2 aromatic rings. The Labute approximate surface area is 171 Å². The van der Waals surface area contributed by atoms with Crippen molar-refractivity contribution >= 4 is 23.4 Å². The first-order chi connectivity index (χ1) is 13.8. The molecule has 0 unspecified atom stereocenters. The fraction of sp³-hybridized carbons (Fsp3) is 0.200. The fourth-order valence-electron chi connectivity index (χ4n) is 2.09. The summed E-state index contributed by atoms with van der Waals surface area (Å²) in [5.41, 5.74) is 0.400. The SMILES string of the molecule is C=C(CCNC(=O)COc1ccc(F)c(F)c1)NC(=O)COc1ccc(Cl)cc1. The van der Waals surface area contributed by atoms with E-state index in [0.29, 0.717) is 22.9 Å². The van der Waals surface area contributed by atoms with Crippen LogP contribution in [-0.4, -0.2) is 31.6 Å². The van der Waals surface area contributed by atoms with Gasteiger partial charge in [-0.2, -0.15) is 0 Å². The Hall–Kier alpha value is -3.13. The van der Waals surface area contributed by atoms with Crippen LogP contribution in [-0.2, 0) is 9.59 Å². The van der Waals surface area contributed by atoms with Crippen molar-refractivity contribution in [3.05, 3.63) is 71.4 Å². The molecule has 2 amide bonds. The molecule has 0 aliphatic heterocycles. The molecular formula is C20H19ClF2N2O4. The largest absolute Gasteiger partial charge is 0.484 e. The third-order valence-electron chi connectivity index (χ3n) is 3.51. The molecule has 0 spiro atoms. The van der Waals surface area contributed by atoms with E-state index in [2.05, 4.69) is 17.2 Å². The van der Waals surface area contributed by atoms with E-state index in [4.69, 9.17) is 21.1 Å². The number of hydrogen-bond acceptors (Lipinski definition) is 4. The summed E-state index contributed by atoms with van der Waals surface area (Å²) in [5, 5.41) is 5.68. The number of rotatable bonds is 10. The van der Waals surface area contributed by atoms with Gasteiger partial charge in [-0.1, -0.05) is 18.2 Å². The zero-order chi connectivity index (χ0) is 21.2. The van der Waals surface area contributed by atoms with Gasteiger partial charge in [0.25, 0.3) is 11.8 Å². The van der Waals surface area contributed by atoms with Crippen molar-refractivity contribution in [2.24, 2.45) is 0 Å². The lowest BCUT2D eigenvalue weighted by Crippen LogP contribution is -2.32. The summed E-state index contributed by atoms with van der Waals surface area (Å²) in [6.07, 6.45) is 0.295. The quantitative estimate of drug-likeness (QED) is 0.614. The molecule has 2 aromatic carbocycles. The highest BCUT2D eigenvalue weighted by atomic mass is 35.5. The van der Waals surface area contributed by atoms with Gasteiger partial charge in [0.15, 0.2) is 24.8 Å². The van der Waals surface area contributed by atoms with Crippen LogP contribution in [0, 0.1) is 11.6 Å². The highest BCUT2D eigenvalue weighted by Gasteiger charge is 2.08. The minimum Gasteiger partial charge on any atom is -0.484 e. The molecule has 0 aliphatic rings. The highest BCUT2D eigenvalue weighted by molar-refractivity contribution is 6.30. The summed E-state index contributed by atoms with van der Waals surface area (Å²) >= 11 is 5.76. The minimum atomic E-state index is -1.06. The Morgan fingerprint density at radius 1 is 0.931 bits per heavy atom. The van der Waals surface area contributed by atoms with Crippen LogP contribution in [0.2, 0.25) is 5.02 Å². The second-order valence-electron chi connectivity index (χ2n) is 5.86. The van der Waals surface area contributed by atoms with Gasteiger partial charge < -0.3 is 20.1 Å². The molecule has 0 aliphatic carbocycles. The number of hydrogen-bond donors (Lipinski definition) is 2. The van der Waals surface area contributed by atoms with Crippen molar-refractivity contribution in [1.82, 2.24) is 10.6 Å². The summed E-state index contributed by atoms with van der Waals surface area (Å²) in [7, 11) is 0. The smallest absolute Gasteiger partial charge is 0.262 e. The van der Waals surface area contributed by atoms with Crippen molar-refractivity contribution < 1.29 is 27.8 Å². The van der Waals surface area contributed by atoms with Gasteiger partial charge >= 0.3 is 0 Å². The number of nitrogens with one attached hydrogen (secondary N) is 2. The minimum absolute atomic E-state index is 0.0383. The van der Waals surface area contributed by atoms with Crippen LogP contribution < -0.4 is 20.1 Å². The molecule has 0 fully saturated rings. The first kappa shape index (κ1) is 22.2. The summed E-state index contributed by atoms with van der Waals surface area (Å²) in [5.74, 6) is -2.37. The predicted octanol–water partition coefficient (Wildman–Crippen LogP) is 3.21. The molecule has 0 saturated heterocycles. The Morgan fingerprint density at radius 3 is 2.24 bits per heavy atom. The summed E-state index contributed by atoms with van der Waals surface area (Å²) in [4.78, 5) is 23.5. The molecule has 2 rings (SSSR count). The van der Waals surface area contributed by atoms with Crippen LogP contribution in [0.15, 0.2) is 54.7 Å². The lowest BCUT2D eigenvalue weighted by atomic mass is 10.3. The molecule has 2 N–H and O–H groups in total. The van der Waals surface area contributed by atoms with Crippen molar-refractivity contribution in [2.45, 2.75) is 6.42 Å². The first-order valence-corrected chi connectivity index (χ1v) is 8.92. The lowest BCUT2D eigenvalue weighted by molar-refractivity contribution is -0.123. The van der Waals surface area contributed by atoms with E-state index in [-0.39, 0.29) is 25.5 Å². The second kappa shape index (κ2) is 11.0. The van der Waals surface area contributed by atoms with Gasteiger partial charge in [-0.3, -0.25) is 9.59 Å². The highest BCUT2D eigenvalue weighted by Crippen LogP contribution is 2.16. The molecule has 154 valence electrons. The van der Waals surface area contributed by atoms with Gasteiger partial charge in [0.05, 0.1) is 0 Å². The Balaban J connectivity index is 1.60. The second-order valence-corrected chi connectivity index (χ2v) is 6.30. The van der Waals surface area contributed by atoms with E-state index in [1.165, 1.54) is 6.07 Å². The van der Waals surface area contributed by atoms with Gasteiger partial charge in [0.2, 0.25) is 0 Å². The van der Waals surface area contributed by atoms with Crippen LogP contribution in [0.25, 0.3) is 0 Å². The molecule has 0 saturated carbocycles. The average molecular weight is 425 g/mol. The third kappa shape index (κ3) is 8.18. The zero-order valence-electron chi connectivity index (χ0n) is 15.3. The molecular weight excluding hydrogens is 406 g/mol. The maximum absolute atomic E-state index is 13.1. The topological polar surface area (TPSA) is 76.7 Å². The number of benzene rings is 2. The Kier molecular flexibility index (Phi) is 8.42. The van der Waals surface area contributed by atoms with Gasteiger partial charge in [-0.15, -0.1) is 0 Å². The van der Waals surface area contributed by atoms with Gasteiger partial charge in [0.1, 0.15) is 11.5 Å². The summed E-state index contributed by atoms with van der Waals surface area (Å²) in [6, 6.07) is 9.55. The van der Waals surface area contributed by atoms with E-state index >= 15 is 0 Å². The van der Waals surface area contributed by atoms with Crippen LogP contribution in [0.1, 0.15) is 6.42 Å². The molecule has 0 radical (unpaired) electrons. The number of ether oxygens (including phenoxy) is 2. The van der Waals surface area contributed by atoms with E-state index in [1.807, 2.05) is 0 Å². The van der Waals surface area contributed by atoms with E-state index in [1.54, 1.807) is 24.3 Å². The first-order valence-electron chi connectivity index (χ1n) is 8.54. The van der Waals surface area contributed by atoms with Crippen LogP contribution >= 0.6 is 11.6 Å². The normalized spacial score (nSPS) is 10.2. The van der Waals surface area contributed by atoms with Gasteiger partial charge in [-0.25, -0.2) is 8.78 Å². The summed E-state index contributed by atoms with van der Waals surface area (Å²) in [6.45, 7) is 3.35. The molecule has 0 bridgehead atoms. The van der Waals surface area contributed by atoms with Gasteiger partial charge in [-0.05, 0) is 36.4 Å². The summed E-state index contributed by atoms with van der Waals surface area (Å²) < 4.78 is 36.3. The zero-order valence-corrected chi connectivity index (χ0v) is 16.1. The Morgan fingerprint density at radius 2 is 1.55 bits per heavy atom. The van der Waals surface area contributed by atoms with Crippen molar-refractivity contribution in [3.63, 3.8) is 0 Å². The standard InChI is InChI=1S/C20H19ClF2N2O4/c1-13(25-20(27)12-28-15-4-2-14(21)3-5-15)8-9-24-19(26)11-29-16-6-7-17(22)18(23)10-16/h2-7,10H,1,8-9,11-12H2,(H,24,26)(H,25,27). The van der Waals surface area contributed by atoms with Crippen molar-refractivity contribution in [3.8, 4) is 11.5 Å². The maximum Gasteiger partial charge on any atom is 0.262 e. The number of carbonyl (C=O) groups excluding carboxylic acids is 2. The number of halogens is 3. The Bertz CT molecular complexity index is 875. The molecule has 6 nitrogen and oxygen atoms in total. The maximum atomic E-state index is 13.1. The molecule has 0 aromatic heterocycles. The van der Waals surface area contributed by atoms with Crippen molar-refractivity contribution in [1.29, 1.82) is 0 Å². The number of carbonyl (C=O) groups is 2. The average Bonchev–Trinajstić information content (AvgIpc) is 2.68. The molecule has 29 heavy (non-hydrogen) atoms.